The number of aryl methyl sites for hydroxylation is 2. The van der Waals surface area contributed by atoms with Gasteiger partial charge in [-0.25, -0.2) is 0 Å². The van der Waals surface area contributed by atoms with Gasteiger partial charge in [-0.3, -0.25) is 9.58 Å². The fraction of sp³-hybridized carbons (Fsp3) is 0.800. The third kappa shape index (κ3) is 2.55. The van der Waals surface area contributed by atoms with E-state index in [-0.39, 0.29) is 0 Å². The minimum Gasteiger partial charge on any atom is -0.307 e. The van der Waals surface area contributed by atoms with Gasteiger partial charge in [0.25, 0.3) is 0 Å². The first-order valence-electron chi connectivity index (χ1n) is 7.96. The molecule has 0 aliphatic carbocycles. The Morgan fingerprint density at radius 1 is 1.30 bits per heavy atom. The Hall–Kier alpha value is -0.390. The lowest BCUT2D eigenvalue weighted by Crippen LogP contribution is -2.39. The summed E-state index contributed by atoms with van der Waals surface area (Å²) < 4.78 is 3.34. The number of rotatable bonds is 5. The lowest BCUT2D eigenvalue weighted by molar-refractivity contribution is 0.297. The van der Waals surface area contributed by atoms with E-state index in [1.807, 2.05) is 0 Å². The maximum Gasteiger partial charge on any atom is 0.0767 e. The van der Waals surface area contributed by atoms with Gasteiger partial charge in [0.2, 0.25) is 0 Å². The second-order valence-corrected chi connectivity index (χ2v) is 6.69. The van der Waals surface area contributed by atoms with Crippen molar-refractivity contribution in [3.8, 4) is 0 Å². The third-order valence-electron chi connectivity index (χ3n) is 4.83. The van der Waals surface area contributed by atoms with Crippen LogP contribution in [0.2, 0.25) is 0 Å². The molecule has 1 aromatic heterocycles. The Morgan fingerprint density at radius 2 is 2.15 bits per heavy atom. The molecule has 2 unspecified atom stereocenters. The van der Waals surface area contributed by atoms with Gasteiger partial charge in [-0.1, -0.05) is 6.92 Å². The molecular weight excluding hydrogens is 316 g/mol. The van der Waals surface area contributed by atoms with Crippen LogP contribution < -0.4 is 5.32 Å². The van der Waals surface area contributed by atoms with E-state index in [2.05, 4.69) is 49.8 Å². The Bertz CT molecular complexity index is 471. The van der Waals surface area contributed by atoms with Gasteiger partial charge >= 0.3 is 0 Å². The topological polar surface area (TPSA) is 33.1 Å². The van der Waals surface area contributed by atoms with Crippen LogP contribution in [0, 0.1) is 0 Å². The van der Waals surface area contributed by atoms with Crippen molar-refractivity contribution < 1.29 is 0 Å². The van der Waals surface area contributed by atoms with Crippen LogP contribution in [0.4, 0.5) is 0 Å². The van der Waals surface area contributed by atoms with Crippen molar-refractivity contribution in [3.05, 3.63) is 15.9 Å². The maximum atomic E-state index is 4.68. The predicted octanol–water partition coefficient (Wildman–Crippen LogP) is 2.55. The second-order valence-electron chi connectivity index (χ2n) is 5.90. The zero-order valence-corrected chi connectivity index (χ0v) is 14.1. The van der Waals surface area contributed by atoms with E-state index in [0.29, 0.717) is 6.04 Å². The van der Waals surface area contributed by atoms with Crippen LogP contribution in [-0.2, 0) is 19.5 Å². The van der Waals surface area contributed by atoms with Gasteiger partial charge in [-0.2, -0.15) is 5.10 Å². The minimum atomic E-state index is 0.662. The highest BCUT2D eigenvalue weighted by atomic mass is 79.9. The van der Waals surface area contributed by atoms with Crippen molar-refractivity contribution in [1.29, 1.82) is 0 Å². The molecule has 1 aromatic rings. The molecule has 0 saturated carbocycles. The van der Waals surface area contributed by atoms with E-state index < -0.39 is 0 Å². The Labute approximate surface area is 130 Å². The summed E-state index contributed by atoms with van der Waals surface area (Å²) in [5.74, 6) is 0. The normalized spacial score (nSPS) is 26.4. The lowest BCUT2D eigenvalue weighted by atomic mass is 10.1. The maximum absolute atomic E-state index is 4.68. The van der Waals surface area contributed by atoms with Crippen LogP contribution >= 0.6 is 15.9 Å². The van der Waals surface area contributed by atoms with E-state index >= 15 is 0 Å². The number of halogens is 1. The van der Waals surface area contributed by atoms with Crippen molar-refractivity contribution in [2.75, 3.05) is 13.1 Å². The summed E-state index contributed by atoms with van der Waals surface area (Å²) >= 11 is 3.74. The highest BCUT2D eigenvalue weighted by molar-refractivity contribution is 9.10. The van der Waals surface area contributed by atoms with E-state index in [4.69, 9.17) is 0 Å². The Morgan fingerprint density at radius 3 is 2.90 bits per heavy atom. The molecule has 1 N–H and O–H groups in total. The minimum absolute atomic E-state index is 0.662. The fourth-order valence-corrected chi connectivity index (χ4v) is 4.44. The van der Waals surface area contributed by atoms with Gasteiger partial charge in [0.1, 0.15) is 0 Å². The number of fused-ring (bicyclic) bond motifs is 1. The summed E-state index contributed by atoms with van der Waals surface area (Å²) in [5.41, 5.74) is 2.48. The van der Waals surface area contributed by atoms with Crippen LogP contribution in [0.25, 0.3) is 0 Å². The first kappa shape index (κ1) is 14.5. The second kappa shape index (κ2) is 6.16. The molecule has 20 heavy (non-hydrogen) atoms. The highest BCUT2D eigenvalue weighted by Gasteiger charge is 2.36. The molecule has 0 radical (unpaired) electrons. The number of nitrogens with one attached hydrogen (secondary N) is 1. The number of hydrogen-bond donors (Lipinski definition) is 1. The number of aromatic nitrogens is 2. The zero-order valence-electron chi connectivity index (χ0n) is 12.5. The predicted molar refractivity (Wildman–Crippen MR) is 84.8 cm³/mol. The highest BCUT2D eigenvalue weighted by Crippen LogP contribution is 2.29. The van der Waals surface area contributed by atoms with Gasteiger partial charge in [-0.05, 0) is 55.1 Å². The molecule has 5 heteroatoms. The van der Waals surface area contributed by atoms with Gasteiger partial charge in [0.05, 0.1) is 15.9 Å². The Kier molecular flexibility index (Phi) is 4.48. The molecule has 2 aliphatic rings. The summed E-state index contributed by atoms with van der Waals surface area (Å²) in [6.07, 6.45) is 5.02. The molecule has 112 valence electrons. The molecule has 3 rings (SSSR count). The van der Waals surface area contributed by atoms with Crippen molar-refractivity contribution in [1.82, 2.24) is 20.0 Å². The first-order chi connectivity index (χ1) is 9.74. The van der Waals surface area contributed by atoms with Crippen molar-refractivity contribution in [2.45, 2.75) is 64.7 Å². The summed E-state index contributed by atoms with van der Waals surface area (Å²) in [5, 5.41) is 8.47. The number of nitrogens with zero attached hydrogens (tertiary/aromatic N) is 3. The molecule has 2 fully saturated rings. The van der Waals surface area contributed by atoms with Gasteiger partial charge in [-0.15, -0.1) is 0 Å². The smallest absolute Gasteiger partial charge is 0.0767 e. The molecule has 0 amide bonds. The van der Waals surface area contributed by atoms with E-state index in [1.54, 1.807) is 0 Å². The quantitative estimate of drug-likeness (QED) is 0.894. The van der Waals surface area contributed by atoms with Crippen molar-refractivity contribution in [2.24, 2.45) is 0 Å². The monoisotopic (exact) mass is 340 g/mol. The van der Waals surface area contributed by atoms with E-state index in [0.717, 1.165) is 25.6 Å². The average molecular weight is 341 g/mol. The molecule has 4 nitrogen and oxygen atoms in total. The fourth-order valence-electron chi connectivity index (χ4n) is 3.73. The van der Waals surface area contributed by atoms with Gasteiger partial charge in [0.15, 0.2) is 0 Å². The van der Waals surface area contributed by atoms with Crippen molar-refractivity contribution in [3.63, 3.8) is 0 Å². The van der Waals surface area contributed by atoms with E-state index in [1.165, 1.54) is 48.2 Å². The number of hydrogen-bond acceptors (Lipinski definition) is 3. The first-order valence-corrected chi connectivity index (χ1v) is 8.75. The van der Waals surface area contributed by atoms with Crippen LogP contribution in [0.5, 0.6) is 0 Å². The molecule has 3 heterocycles. The Balaban J connectivity index is 1.67. The third-order valence-corrected chi connectivity index (χ3v) is 5.75. The van der Waals surface area contributed by atoms with Gasteiger partial charge in [0, 0.05) is 31.7 Å². The molecule has 2 saturated heterocycles. The van der Waals surface area contributed by atoms with Crippen LogP contribution in [0.1, 0.15) is 44.5 Å². The molecule has 0 aromatic carbocycles. The lowest BCUT2D eigenvalue weighted by Gasteiger charge is -2.21. The van der Waals surface area contributed by atoms with Crippen molar-refractivity contribution >= 4 is 15.9 Å². The average Bonchev–Trinajstić information content (AvgIpc) is 3.12. The summed E-state index contributed by atoms with van der Waals surface area (Å²) in [6.45, 7) is 8.77. The summed E-state index contributed by atoms with van der Waals surface area (Å²) in [7, 11) is 0. The molecule has 0 spiro atoms. The van der Waals surface area contributed by atoms with E-state index in [9.17, 15) is 0 Å². The molecule has 0 bridgehead atoms. The summed E-state index contributed by atoms with van der Waals surface area (Å²) in [4.78, 5) is 2.65. The molecule has 2 aliphatic heterocycles. The standard InChI is InChI=1S/C15H25BrN4/c1-3-11-15(16)14(20(4-2)18-11)10-17-12-7-9-19-8-5-6-13(12)19/h12-13,17H,3-10H2,1-2H3. The van der Waals surface area contributed by atoms with Crippen LogP contribution in [-0.4, -0.2) is 39.9 Å². The zero-order chi connectivity index (χ0) is 14.1. The van der Waals surface area contributed by atoms with Crippen LogP contribution in [0.15, 0.2) is 4.47 Å². The summed E-state index contributed by atoms with van der Waals surface area (Å²) in [6, 6.07) is 1.44. The van der Waals surface area contributed by atoms with Gasteiger partial charge < -0.3 is 5.32 Å². The molecular formula is C15H25BrN4. The SMILES string of the molecule is CCc1nn(CC)c(CNC2CCN3CCCC23)c1Br. The largest absolute Gasteiger partial charge is 0.307 e. The van der Waals surface area contributed by atoms with Crippen LogP contribution in [0.3, 0.4) is 0 Å². The molecule has 2 atom stereocenters.